The van der Waals surface area contributed by atoms with E-state index in [1.807, 2.05) is 0 Å². The highest BCUT2D eigenvalue weighted by Crippen LogP contribution is 2.10. The Labute approximate surface area is 197 Å². The zero-order chi connectivity index (χ0) is 23.9. The van der Waals surface area contributed by atoms with Crippen molar-refractivity contribution in [2.75, 3.05) is 39.6 Å². The van der Waals surface area contributed by atoms with Crippen molar-refractivity contribution in [1.29, 1.82) is 0 Å². The van der Waals surface area contributed by atoms with Crippen molar-refractivity contribution >= 4 is 11.9 Å². The first-order valence-corrected chi connectivity index (χ1v) is 13.0. The molecule has 0 aliphatic rings. The van der Waals surface area contributed by atoms with Crippen LogP contribution in [-0.2, 0) is 28.5 Å². The van der Waals surface area contributed by atoms with Crippen LogP contribution in [-0.4, -0.2) is 51.6 Å². The summed E-state index contributed by atoms with van der Waals surface area (Å²) in [6, 6.07) is 0. The van der Waals surface area contributed by atoms with Crippen molar-refractivity contribution in [3.8, 4) is 0 Å². The smallest absolute Gasteiger partial charge is 0.305 e. The van der Waals surface area contributed by atoms with Crippen LogP contribution in [0.2, 0.25) is 0 Å². The Kier molecular flexibility index (Phi) is 22.2. The Balaban J connectivity index is 3.38. The Bertz CT molecular complexity index is 392. The Morgan fingerprint density at radius 1 is 0.531 bits per heavy atom. The molecule has 0 aromatic carbocycles. The maximum atomic E-state index is 11.7. The molecule has 190 valence electrons. The van der Waals surface area contributed by atoms with Crippen LogP contribution in [0.3, 0.4) is 0 Å². The fourth-order valence-electron chi connectivity index (χ4n) is 3.37. The summed E-state index contributed by atoms with van der Waals surface area (Å²) in [5, 5.41) is 0. The van der Waals surface area contributed by atoms with Crippen molar-refractivity contribution in [2.24, 2.45) is 11.8 Å². The molecule has 0 amide bonds. The third-order valence-electron chi connectivity index (χ3n) is 6.01. The second-order valence-corrected chi connectivity index (χ2v) is 8.58. The van der Waals surface area contributed by atoms with Gasteiger partial charge in [0.2, 0.25) is 0 Å². The topological polar surface area (TPSA) is 71.1 Å². The number of carbonyl (C=O) groups excluding carboxylic acids is 2. The fraction of sp³-hybridized carbons (Fsp3) is 0.923. The van der Waals surface area contributed by atoms with Crippen LogP contribution in [0.25, 0.3) is 0 Å². The molecule has 0 saturated carbocycles. The summed E-state index contributed by atoms with van der Waals surface area (Å²) < 4.78 is 21.5. The minimum Gasteiger partial charge on any atom is -0.463 e. The van der Waals surface area contributed by atoms with Crippen LogP contribution in [0.4, 0.5) is 0 Å². The molecular formula is C26H50O6. The van der Waals surface area contributed by atoms with Gasteiger partial charge in [0, 0.05) is 26.1 Å². The first kappa shape index (κ1) is 30.9. The quantitative estimate of drug-likeness (QED) is 0.136. The van der Waals surface area contributed by atoms with E-state index in [9.17, 15) is 9.59 Å². The van der Waals surface area contributed by atoms with Gasteiger partial charge in [-0.25, -0.2) is 0 Å². The number of hydrogen-bond acceptors (Lipinski definition) is 6. The lowest BCUT2D eigenvalue weighted by molar-refractivity contribution is -0.146. The van der Waals surface area contributed by atoms with Gasteiger partial charge in [-0.1, -0.05) is 79.1 Å². The Morgan fingerprint density at radius 2 is 0.875 bits per heavy atom. The molecule has 6 nitrogen and oxygen atoms in total. The first-order chi connectivity index (χ1) is 15.6. The zero-order valence-electron chi connectivity index (χ0n) is 21.3. The van der Waals surface area contributed by atoms with Gasteiger partial charge in [0.1, 0.15) is 13.2 Å². The summed E-state index contributed by atoms with van der Waals surface area (Å²) in [6.07, 6.45) is 11.3. The van der Waals surface area contributed by atoms with Crippen LogP contribution >= 0.6 is 0 Å². The van der Waals surface area contributed by atoms with Crippen molar-refractivity contribution in [3.05, 3.63) is 0 Å². The minimum atomic E-state index is -0.136. The monoisotopic (exact) mass is 458 g/mol. The maximum Gasteiger partial charge on any atom is 0.305 e. The van der Waals surface area contributed by atoms with Gasteiger partial charge >= 0.3 is 11.9 Å². The minimum absolute atomic E-state index is 0.136. The van der Waals surface area contributed by atoms with E-state index in [1.54, 1.807) is 0 Å². The normalized spacial score (nSPS) is 11.3. The molecule has 0 unspecified atom stereocenters. The largest absolute Gasteiger partial charge is 0.463 e. The summed E-state index contributed by atoms with van der Waals surface area (Å²) >= 11 is 0. The van der Waals surface area contributed by atoms with Crippen LogP contribution in [0.5, 0.6) is 0 Å². The Hall–Kier alpha value is -1.14. The molecule has 0 aromatic rings. The van der Waals surface area contributed by atoms with E-state index < -0.39 is 0 Å². The van der Waals surface area contributed by atoms with E-state index in [1.165, 1.54) is 0 Å². The molecular weight excluding hydrogens is 408 g/mol. The number of unbranched alkanes of at least 4 members (excludes halogenated alkanes) is 5. The summed E-state index contributed by atoms with van der Waals surface area (Å²) in [4.78, 5) is 23.4. The van der Waals surface area contributed by atoms with E-state index in [-0.39, 0.29) is 11.9 Å². The van der Waals surface area contributed by atoms with Crippen LogP contribution in [0.1, 0.15) is 105 Å². The van der Waals surface area contributed by atoms with Gasteiger partial charge in [-0.3, -0.25) is 9.59 Å². The highest BCUT2D eigenvalue weighted by atomic mass is 16.6. The molecule has 0 N–H and O–H groups in total. The lowest BCUT2D eigenvalue weighted by Crippen LogP contribution is -2.14. The van der Waals surface area contributed by atoms with E-state index >= 15 is 0 Å². The van der Waals surface area contributed by atoms with Gasteiger partial charge in [-0.05, 0) is 24.7 Å². The summed E-state index contributed by atoms with van der Waals surface area (Å²) in [6.45, 7) is 11.8. The Morgan fingerprint density at radius 3 is 1.22 bits per heavy atom. The van der Waals surface area contributed by atoms with Crippen LogP contribution in [0.15, 0.2) is 0 Å². The van der Waals surface area contributed by atoms with Crippen LogP contribution in [0, 0.1) is 11.8 Å². The number of carbonyl (C=O) groups is 2. The third-order valence-corrected chi connectivity index (χ3v) is 6.01. The van der Waals surface area contributed by atoms with E-state index in [0.717, 1.165) is 77.4 Å². The SMILES string of the molecule is CCC(CC)COCCOC(=O)CCCCCCCCC(=O)OCCOCC(CC)CC. The molecule has 0 aliphatic heterocycles. The van der Waals surface area contributed by atoms with E-state index in [4.69, 9.17) is 18.9 Å². The highest BCUT2D eigenvalue weighted by Gasteiger charge is 2.07. The number of hydrogen-bond donors (Lipinski definition) is 0. The third kappa shape index (κ3) is 19.5. The number of ether oxygens (including phenoxy) is 4. The van der Waals surface area contributed by atoms with Gasteiger partial charge < -0.3 is 18.9 Å². The second kappa shape index (κ2) is 23.0. The summed E-state index contributed by atoms with van der Waals surface area (Å²) in [5.41, 5.74) is 0. The second-order valence-electron chi connectivity index (χ2n) is 8.58. The number of esters is 2. The van der Waals surface area contributed by atoms with Gasteiger partial charge in [-0.2, -0.15) is 0 Å². The van der Waals surface area contributed by atoms with Gasteiger partial charge in [0.25, 0.3) is 0 Å². The van der Waals surface area contributed by atoms with Crippen molar-refractivity contribution in [1.82, 2.24) is 0 Å². The van der Waals surface area contributed by atoms with E-state index in [0.29, 0.717) is 51.1 Å². The summed E-state index contributed by atoms with van der Waals surface area (Å²) in [7, 11) is 0. The molecule has 0 heterocycles. The maximum absolute atomic E-state index is 11.7. The average Bonchev–Trinajstić information content (AvgIpc) is 2.80. The molecule has 0 aromatic heterocycles. The number of rotatable bonds is 23. The predicted molar refractivity (Wildman–Crippen MR) is 129 cm³/mol. The molecule has 0 fully saturated rings. The summed E-state index contributed by atoms with van der Waals surface area (Å²) in [5.74, 6) is 0.922. The van der Waals surface area contributed by atoms with Gasteiger partial charge in [-0.15, -0.1) is 0 Å². The molecule has 0 spiro atoms. The first-order valence-electron chi connectivity index (χ1n) is 13.0. The molecule has 0 aliphatic carbocycles. The average molecular weight is 459 g/mol. The lowest BCUT2D eigenvalue weighted by atomic mass is 10.1. The molecule has 0 atom stereocenters. The van der Waals surface area contributed by atoms with E-state index in [2.05, 4.69) is 27.7 Å². The van der Waals surface area contributed by atoms with Gasteiger partial charge in [0.15, 0.2) is 0 Å². The standard InChI is InChI=1S/C26H50O6/c1-5-23(6-2)21-29-17-19-31-25(27)15-13-11-9-10-12-14-16-26(28)32-20-18-30-22-24(7-3)8-4/h23-24H,5-22H2,1-4H3. The van der Waals surface area contributed by atoms with Crippen molar-refractivity contribution in [3.63, 3.8) is 0 Å². The molecule has 0 rings (SSSR count). The molecule has 6 heteroatoms. The molecule has 0 bridgehead atoms. The molecule has 0 radical (unpaired) electrons. The fourth-order valence-corrected chi connectivity index (χ4v) is 3.37. The highest BCUT2D eigenvalue weighted by molar-refractivity contribution is 5.69. The van der Waals surface area contributed by atoms with Crippen molar-refractivity contribution < 1.29 is 28.5 Å². The molecule has 0 saturated heterocycles. The molecule has 32 heavy (non-hydrogen) atoms. The van der Waals surface area contributed by atoms with Gasteiger partial charge in [0.05, 0.1) is 13.2 Å². The van der Waals surface area contributed by atoms with Crippen LogP contribution < -0.4 is 0 Å². The zero-order valence-corrected chi connectivity index (χ0v) is 21.3. The van der Waals surface area contributed by atoms with Crippen molar-refractivity contribution in [2.45, 2.75) is 105 Å². The lowest BCUT2D eigenvalue weighted by Gasteiger charge is -2.12. The predicted octanol–water partition coefficient (Wildman–Crippen LogP) is 6.10.